The fourth-order valence-corrected chi connectivity index (χ4v) is 3.37. The molecule has 2 aliphatic rings. The van der Waals surface area contributed by atoms with Gasteiger partial charge in [-0.05, 0) is 31.0 Å². The third-order valence-corrected chi connectivity index (χ3v) is 4.77. The Kier molecular flexibility index (Phi) is 4.90. The Bertz CT molecular complexity index is 1000. The lowest BCUT2D eigenvalue weighted by Gasteiger charge is -2.09. The van der Waals surface area contributed by atoms with Gasteiger partial charge in [0.2, 0.25) is 5.91 Å². The molecule has 1 aliphatic carbocycles. The summed E-state index contributed by atoms with van der Waals surface area (Å²) < 4.78 is 10.1. The average molecular weight is 379 g/mol. The number of carbonyl (C=O) groups is 1. The van der Waals surface area contributed by atoms with Crippen LogP contribution < -0.4 is 10.1 Å². The molecule has 0 saturated heterocycles. The van der Waals surface area contributed by atoms with Crippen LogP contribution in [0.4, 0.5) is 5.69 Å². The smallest absolute Gasteiger partial charge is 0.221 e. The summed E-state index contributed by atoms with van der Waals surface area (Å²) in [4.78, 5) is 11.2. The number of fused-ring (bicyclic) bond motifs is 2. The van der Waals surface area contributed by atoms with Gasteiger partial charge in [-0.15, -0.1) is 0 Å². The Morgan fingerprint density at radius 3 is 2.79 bits per heavy atom. The second-order valence-corrected chi connectivity index (χ2v) is 6.86. The van der Waals surface area contributed by atoms with Crippen molar-refractivity contribution >= 4 is 11.6 Å². The van der Waals surface area contributed by atoms with Crippen molar-refractivity contribution in [3.8, 4) is 17.1 Å². The van der Waals surface area contributed by atoms with Crippen molar-refractivity contribution in [3.63, 3.8) is 0 Å². The van der Waals surface area contributed by atoms with E-state index in [4.69, 9.17) is 9.84 Å². The van der Waals surface area contributed by atoms with Crippen molar-refractivity contribution in [1.82, 2.24) is 19.6 Å². The molecule has 7 nitrogen and oxygen atoms in total. The highest BCUT2D eigenvalue weighted by Crippen LogP contribution is 2.38. The molecule has 0 spiro atoms. The van der Waals surface area contributed by atoms with Crippen LogP contribution in [0.5, 0.6) is 5.75 Å². The van der Waals surface area contributed by atoms with Crippen LogP contribution in [-0.2, 0) is 17.9 Å². The molecule has 146 valence electrons. The molecule has 3 aromatic rings. The van der Waals surface area contributed by atoms with Crippen LogP contribution in [-0.4, -0.2) is 25.5 Å². The van der Waals surface area contributed by atoms with Crippen LogP contribution in [0.15, 0.2) is 36.5 Å². The van der Waals surface area contributed by atoms with E-state index in [9.17, 15) is 4.79 Å². The van der Waals surface area contributed by atoms with Crippen molar-refractivity contribution in [2.24, 2.45) is 0 Å². The van der Waals surface area contributed by atoms with Gasteiger partial charge in [0.05, 0.1) is 24.0 Å². The lowest BCUT2D eigenvalue weighted by molar-refractivity contribution is -0.114. The number of anilines is 1. The third-order valence-electron chi connectivity index (χ3n) is 4.77. The van der Waals surface area contributed by atoms with Crippen LogP contribution in [0, 0.1) is 0 Å². The van der Waals surface area contributed by atoms with E-state index < -0.39 is 0 Å². The van der Waals surface area contributed by atoms with Crippen LogP contribution in [0.3, 0.4) is 0 Å². The Hall–Kier alpha value is -3.09. The summed E-state index contributed by atoms with van der Waals surface area (Å²) in [5.74, 6) is 0.690. The molecule has 1 N–H and O–H groups in total. The first-order chi connectivity index (χ1) is 13.7. The molecule has 0 unspecified atom stereocenters. The number of rotatable bonds is 3. The van der Waals surface area contributed by atoms with Crippen molar-refractivity contribution in [2.75, 3.05) is 5.32 Å². The van der Waals surface area contributed by atoms with Gasteiger partial charge >= 0.3 is 0 Å². The lowest BCUT2D eigenvalue weighted by atomic mass is 10.2. The average Bonchev–Trinajstić information content (AvgIpc) is 3.33. The van der Waals surface area contributed by atoms with Gasteiger partial charge in [-0.2, -0.15) is 10.2 Å². The minimum Gasteiger partial charge on any atom is -0.487 e. The maximum Gasteiger partial charge on any atom is 0.221 e. The van der Waals surface area contributed by atoms with E-state index in [2.05, 4.69) is 21.2 Å². The number of amides is 1. The van der Waals surface area contributed by atoms with Gasteiger partial charge < -0.3 is 10.1 Å². The molecule has 0 atom stereocenters. The summed E-state index contributed by atoms with van der Waals surface area (Å²) >= 11 is 0. The largest absolute Gasteiger partial charge is 0.487 e. The molecule has 5 rings (SSSR count). The summed E-state index contributed by atoms with van der Waals surface area (Å²) in [6.45, 7) is 6.58. The van der Waals surface area contributed by atoms with Crippen LogP contribution in [0.25, 0.3) is 11.4 Å². The first-order valence-electron chi connectivity index (χ1n) is 9.81. The molecule has 0 bridgehead atoms. The quantitative estimate of drug-likeness (QED) is 0.746. The number of benzene rings is 1. The molecule has 3 heterocycles. The molecule has 7 heteroatoms. The van der Waals surface area contributed by atoms with E-state index in [-0.39, 0.29) is 5.91 Å². The molecule has 2 aromatic heterocycles. The maximum atomic E-state index is 11.2. The molecule has 1 aromatic carbocycles. The zero-order valence-electron chi connectivity index (χ0n) is 16.5. The molecular weight excluding hydrogens is 354 g/mol. The van der Waals surface area contributed by atoms with Gasteiger partial charge in [0, 0.05) is 30.4 Å². The van der Waals surface area contributed by atoms with Gasteiger partial charge in [-0.1, -0.05) is 19.9 Å². The Morgan fingerprint density at radius 1 is 1.21 bits per heavy atom. The van der Waals surface area contributed by atoms with Crippen LogP contribution in [0.2, 0.25) is 0 Å². The first-order valence-corrected chi connectivity index (χ1v) is 9.81. The summed E-state index contributed by atoms with van der Waals surface area (Å²) in [7, 11) is 0. The highest BCUT2D eigenvalue weighted by atomic mass is 16.5. The van der Waals surface area contributed by atoms with Gasteiger partial charge in [-0.25, -0.2) is 0 Å². The van der Waals surface area contributed by atoms with Crippen molar-refractivity contribution < 1.29 is 9.53 Å². The molecular formula is C21H25N5O2. The second-order valence-electron chi connectivity index (χ2n) is 6.86. The number of hydrogen-bond donors (Lipinski definition) is 1. The third kappa shape index (κ3) is 3.52. The van der Waals surface area contributed by atoms with E-state index in [1.165, 1.54) is 19.8 Å². The van der Waals surface area contributed by atoms with Gasteiger partial charge in [-0.3, -0.25) is 14.2 Å². The predicted molar refractivity (Wildman–Crippen MR) is 107 cm³/mol. The van der Waals surface area contributed by atoms with Gasteiger partial charge in [0.15, 0.2) is 0 Å². The second kappa shape index (κ2) is 7.50. The van der Waals surface area contributed by atoms with Crippen molar-refractivity contribution in [1.29, 1.82) is 0 Å². The number of aromatic nitrogens is 4. The standard InChI is InChI=1S/C19H19N5O2.C2H6/c1-12(25)21-14-3-2-13-10-23-16(11-26-19(13)8-14)9-17(22-23)18-6-7-20-24(18)15-4-5-15;1-2/h2-3,6-9,15H,4-5,10-11H2,1H3,(H,21,25);1-2H3. The highest BCUT2D eigenvalue weighted by Gasteiger charge is 2.28. The number of ether oxygens (including phenoxy) is 1. The van der Waals surface area contributed by atoms with E-state index in [1.807, 2.05) is 49.0 Å². The first kappa shape index (κ1) is 18.3. The lowest BCUT2D eigenvalue weighted by Crippen LogP contribution is -2.06. The van der Waals surface area contributed by atoms with Crippen molar-refractivity contribution in [2.45, 2.75) is 52.8 Å². The summed E-state index contributed by atoms with van der Waals surface area (Å²) in [5, 5.41) is 12.0. The Morgan fingerprint density at radius 2 is 2.04 bits per heavy atom. The fraction of sp³-hybridized carbons (Fsp3) is 0.381. The summed E-state index contributed by atoms with van der Waals surface area (Å²) in [5.41, 5.74) is 4.81. The normalized spacial score (nSPS) is 14.7. The van der Waals surface area contributed by atoms with E-state index in [0.717, 1.165) is 34.1 Å². The van der Waals surface area contributed by atoms with Crippen molar-refractivity contribution in [3.05, 3.63) is 47.8 Å². The zero-order chi connectivity index (χ0) is 19.7. The topological polar surface area (TPSA) is 74.0 Å². The Balaban J connectivity index is 0.000000932. The predicted octanol–water partition coefficient (Wildman–Crippen LogP) is 4.01. The Labute approximate surface area is 164 Å². The minimum atomic E-state index is -0.0941. The minimum absolute atomic E-state index is 0.0941. The number of hydrogen-bond acceptors (Lipinski definition) is 4. The van der Waals surface area contributed by atoms with Crippen LogP contribution >= 0.6 is 0 Å². The molecule has 1 aliphatic heterocycles. The summed E-state index contributed by atoms with van der Waals surface area (Å²) in [6.07, 6.45) is 4.22. The van der Waals surface area contributed by atoms with E-state index in [0.29, 0.717) is 19.2 Å². The number of nitrogens with zero attached hydrogens (tertiary/aromatic N) is 4. The van der Waals surface area contributed by atoms with E-state index >= 15 is 0 Å². The molecule has 0 radical (unpaired) electrons. The molecule has 1 amide bonds. The summed E-state index contributed by atoms with van der Waals surface area (Å²) in [6, 6.07) is 10.4. The zero-order valence-corrected chi connectivity index (χ0v) is 16.5. The SMILES string of the molecule is CC.CC(=O)Nc1ccc2c(c1)OCc1cc(-c3ccnn3C3CC3)nn1C2. The van der Waals surface area contributed by atoms with Gasteiger partial charge in [0.1, 0.15) is 18.1 Å². The fourth-order valence-electron chi connectivity index (χ4n) is 3.37. The van der Waals surface area contributed by atoms with Gasteiger partial charge in [0.25, 0.3) is 0 Å². The highest BCUT2D eigenvalue weighted by molar-refractivity contribution is 5.88. The molecule has 28 heavy (non-hydrogen) atoms. The molecule has 1 fully saturated rings. The molecule has 1 saturated carbocycles. The van der Waals surface area contributed by atoms with Crippen LogP contribution in [0.1, 0.15) is 50.9 Å². The maximum absolute atomic E-state index is 11.2. The van der Waals surface area contributed by atoms with E-state index in [1.54, 1.807) is 0 Å². The number of carbonyl (C=O) groups excluding carboxylic acids is 1. The monoisotopic (exact) mass is 379 g/mol. The number of nitrogens with one attached hydrogen (secondary N) is 1.